The number of aromatic nitrogens is 4. The van der Waals surface area contributed by atoms with E-state index in [0.29, 0.717) is 22.7 Å². The Labute approximate surface area is 202 Å². The van der Waals surface area contributed by atoms with Gasteiger partial charge < -0.3 is 15.7 Å². The number of nitrogens with one attached hydrogen (secondary N) is 2. The molecule has 2 aromatic heterocycles. The maximum Gasteiger partial charge on any atom is 0.278 e. The van der Waals surface area contributed by atoms with Crippen molar-refractivity contribution in [1.82, 2.24) is 24.6 Å². The van der Waals surface area contributed by atoms with E-state index in [4.69, 9.17) is 0 Å². The molecule has 9 heteroatoms. The number of benzene rings is 2. The van der Waals surface area contributed by atoms with E-state index in [1.165, 1.54) is 37.2 Å². The van der Waals surface area contributed by atoms with E-state index in [2.05, 4.69) is 32.7 Å². The summed E-state index contributed by atoms with van der Waals surface area (Å²) in [5, 5.41) is 17.5. The normalized spacial score (nSPS) is 13.9. The third-order valence-corrected chi connectivity index (χ3v) is 6.31. The summed E-state index contributed by atoms with van der Waals surface area (Å²) in [4.78, 5) is 22.3. The molecule has 0 atom stereocenters. The Morgan fingerprint density at radius 2 is 1.97 bits per heavy atom. The van der Waals surface area contributed by atoms with Gasteiger partial charge in [0.05, 0.1) is 11.3 Å². The lowest BCUT2D eigenvalue weighted by atomic mass is 9.97. The van der Waals surface area contributed by atoms with E-state index in [1.807, 2.05) is 19.9 Å². The van der Waals surface area contributed by atoms with Crippen molar-refractivity contribution in [2.24, 2.45) is 0 Å². The van der Waals surface area contributed by atoms with Gasteiger partial charge in [-0.05, 0) is 82.1 Å². The molecule has 4 aromatic rings. The van der Waals surface area contributed by atoms with E-state index in [1.54, 1.807) is 21.5 Å². The minimum Gasteiger partial charge on any atom is -0.386 e. The van der Waals surface area contributed by atoms with Gasteiger partial charge in [-0.3, -0.25) is 4.79 Å². The lowest BCUT2D eigenvalue weighted by Gasteiger charge is -2.21. The van der Waals surface area contributed by atoms with Gasteiger partial charge >= 0.3 is 0 Å². The number of anilines is 2. The SMILES string of the molecule is CC(C)n1c(=O)c2cnc(Nc3ccc4c(c3)CCNC4)nc2n1-c1ccc(F)c(C(C)(C)O)c1. The molecule has 5 rings (SSSR count). The molecule has 8 nitrogen and oxygen atoms in total. The molecule has 2 aromatic carbocycles. The first-order valence-electron chi connectivity index (χ1n) is 11.8. The monoisotopic (exact) mass is 476 g/mol. The fourth-order valence-electron chi connectivity index (χ4n) is 4.57. The van der Waals surface area contributed by atoms with E-state index < -0.39 is 11.4 Å². The first-order chi connectivity index (χ1) is 16.6. The van der Waals surface area contributed by atoms with Gasteiger partial charge in [0.1, 0.15) is 11.2 Å². The fourth-order valence-corrected chi connectivity index (χ4v) is 4.57. The lowest BCUT2D eigenvalue weighted by molar-refractivity contribution is 0.0745. The highest BCUT2D eigenvalue weighted by Gasteiger charge is 2.24. The lowest BCUT2D eigenvalue weighted by Crippen LogP contribution is -2.25. The molecule has 0 saturated carbocycles. The third kappa shape index (κ3) is 4.21. The van der Waals surface area contributed by atoms with Crippen LogP contribution in [0.2, 0.25) is 0 Å². The van der Waals surface area contributed by atoms with Crippen LogP contribution in [0, 0.1) is 5.82 Å². The maximum absolute atomic E-state index is 14.5. The van der Waals surface area contributed by atoms with Crippen molar-refractivity contribution in [3.8, 4) is 5.69 Å². The first kappa shape index (κ1) is 23.2. The second-order valence-electron chi connectivity index (χ2n) is 9.74. The highest BCUT2D eigenvalue weighted by Crippen LogP contribution is 2.28. The molecule has 0 radical (unpaired) electrons. The van der Waals surface area contributed by atoms with E-state index >= 15 is 0 Å². The topological polar surface area (TPSA) is 97.0 Å². The highest BCUT2D eigenvalue weighted by atomic mass is 19.1. The molecule has 182 valence electrons. The summed E-state index contributed by atoms with van der Waals surface area (Å²) in [5.41, 5.74) is 2.85. The zero-order valence-corrected chi connectivity index (χ0v) is 20.3. The van der Waals surface area contributed by atoms with E-state index in [-0.39, 0.29) is 17.2 Å². The predicted octanol–water partition coefficient (Wildman–Crippen LogP) is 3.92. The third-order valence-electron chi connectivity index (χ3n) is 6.31. The summed E-state index contributed by atoms with van der Waals surface area (Å²) in [6.45, 7) is 8.64. The quantitative estimate of drug-likeness (QED) is 0.404. The van der Waals surface area contributed by atoms with Crippen LogP contribution in [0.3, 0.4) is 0 Å². The Morgan fingerprint density at radius 1 is 1.17 bits per heavy atom. The molecular formula is C26H29FN6O2. The van der Waals surface area contributed by atoms with Crippen molar-refractivity contribution in [2.75, 3.05) is 11.9 Å². The molecule has 0 spiro atoms. The second-order valence-corrected chi connectivity index (χ2v) is 9.74. The van der Waals surface area contributed by atoms with Crippen molar-refractivity contribution in [3.63, 3.8) is 0 Å². The number of hydrogen-bond donors (Lipinski definition) is 3. The number of rotatable bonds is 5. The zero-order chi connectivity index (χ0) is 24.9. The summed E-state index contributed by atoms with van der Waals surface area (Å²) in [6, 6.07) is 10.4. The molecule has 0 unspecified atom stereocenters. The number of fused-ring (bicyclic) bond motifs is 2. The van der Waals surface area contributed by atoms with Crippen LogP contribution in [0.25, 0.3) is 16.7 Å². The van der Waals surface area contributed by atoms with Crippen molar-refractivity contribution in [3.05, 3.63) is 75.5 Å². The average molecular weight is 477 g/mol. The van der Waals surface area contributed by atoms with Crippen LogP contribution < -0.4 is 16.2 Å². The molecule has 1 aliphatic heterocycles. The number of nitrogens with zero attached hydrogens (tertiary/aromatic N) is 4. The van der Waals surface area contributed by atoms with Crippen molar-refractivity contribution < 1.29 is 9.50 Å². The zero-order valence-electron chi connectivity index (χ0n) is 20.3. The molecule has 0 fully saturated rings. The van der Waals surface area contributed by atoms with Crippen LogP contribution in [0.15, 0.2) is 47.4 Å². The molecule has 35 heavy (non-hydrogen) atoms. The Morgan fingerprint density at radius 3 is 2.71 bits per heavy atom. The van der Waals surface area contributed by atoms with Crippen LogP contribution in [0.1, 0.15) is 50.4 Å². The van der Waals surface area contributed by atoms with E-state index in [9.17, 15) is 14.3 Å². The Kier molecular flexibility index (Phi) is 5.69. The van der Waals surface area contributed by atoms with Crippen LogP contribution in [-0.4, -0.2) is 31.0 Å². The minimum atomic E-state index is -1.39. The highest BCUT2D eigenvalue weighted by molar-refractivity contribution is 5.77. The van der Waals surface area contributed by atoms with Gasteiger partial charge in [0.2, 0.25) is 5.95 Å². The molecule has 3 heterocycles. The summed E-state index contributed by atoms with van der Waals surface area (Å²) in [7, 11) is 0. The van der Waals surface area contributed by atoms with E-state index in [0.717, 1.165) is 25.2 Å². The van der Waals surface area contributed by atoms with Gasteiger partial charge in [0.25, 0.3) is 5.56 Å². The van der Waals surface area contributed by atoms with Gasteiger partial charge in [-0.15, -0.1) is 0 Å². The standard InChI is InChI=1S/C26H29FN6O2/c1-15(2)32-24(34)20-14-29-25(30-18-6-5-17-13-28-10-9-16(17)11-18)31-23(20)33(32)19-7-8-22(27)21(12-19)26(3,4)35/h5-8,11-12,14-15,28,35H,9-10,13H2,1-4H3,(H,29,30,31). The maximum atomic E-state index is 14.5. The molecule has 0 aliphatic carbocycles. The smallest absolute Gasteiger partial charge is 0.278 e. The summed E-state index contributed by atoms with van der Waals surface area (Å²) in [6.07, 6.45) is 2.47. The summed E-state index contributed by atoms with van der Waals surface area (Å²) in [5.74, 6) is -0.165. The van der Waals surface area contributed by atoms with Crippen LogP contribution >= 0.6 is 0 Å². The van der Waals surface area contributed by atoms with Crippen LogP contribution in [0.5, 0.6) is 0 Å². The average Bonchev–Trinajstić information content (AvgIpc) is 3.10. The number of aliphatic hydroxyl groups is 1. The largest absolute Gasteiger partial charge is 0.386 e. The molecular weight excluding hydrogens is 447 g/mol. The minimum absolute atomic E-state index is 0.135. The van der Waals surface area contributed by atoms with Crippen LogP contribution in [-0.2, 0) is 18.6 Å². The Bertz CT molecular complexity index is 1480. The number of hydrogen-bond acceptors (Lipinski definition) is 6. The van der Waals surface area contributed by atoms with Gasteiger partial charge in [0.15, 0.2) is 5.65 Å². The van der Waals surface area contributed by atoms with Crippen molar-refractivity contribution >= 4 is 22.7 Å². The predicted molar refractivity (Wildman–Crippen MR) is 134 cm³/mol. The van der Waals surface area contributed by atoms with Gasteiger partial charge in [-0.2, -0.15) is 4.98 Å². The molecule has 3 N–H and O–H groups in total. The fraction of sp³-hybridized carbons (Fsp3) is 0.346. The molecule has 0 bridgehead atoms. The molecule has 1 aliphatic rings. The Balaban J connectivity index is 1.64. The second kappa shape index (κ2) is 8.58. The number of halogens is 1. The van der Waals surface area contributed by atoms with Crippen molar-refractivity contribution in [1.29, 1.82) is 0 Å². The van der Waals surface area contributed by atoms with Gasteiger partial charge in [-0.25, -0.2) is 18.7 Å². The van der Waals surface area contributed by atoms with Gasteiger partial charge in [0, 0.05) is 30.0 Å². The molecule has 0 amide bonds. The summed E-state index contributed by atoms with van der Waals surface area (Å²) >= 11 is 0. The first-order valence-corrected chi connectivity index (χ1v) is 11.8. The Hall–Kier alpha value is -3.56. The molecule has 0 saturated heterocycles. The van der Waals surface area contributed by atoms with Crippen molar-refractivity contribution in [2.45, 2.75) is 52.3 Å². The summed E-state index contributed by atoms with van der Waals surface area (Å²) < 4.78 is 17.7. The van der Waals surface area contributed by atoms with Gasteiger partial charge in [-0.1, -0.05) is 6.07 Å². The van der Waals surface area contributed by atoms with Crippen LogP contribution in [0.4, 0.5) is 16.0 Å².